The third kappa shape index (κ3) is 4.45. The van der Waals surface area contributed by atoms with E-state index in [9.17, 15) is 9.59 Å². The predicted molar refractivity (Wildman–Crippen MR) is 102 cm³/mol. The minimum absolute atomic E-state index is 0.0580. The molecule has 0 radical (unpaired) electrons. The topological polar surface area (TPSA) is 83.4 Å². The number of pyridine rings is 1. The lowest BCUT2D eigenvalue weighted by molar-refractivity contribution is -0.129. The van der Waals surface area contributed by atoms with Gasteiger partial charge in [0.05, 0.1) is 0 Å². The highest BCUT2D eigenvalue weighted by atomic mass is 16.2. The molecule has 1 atom stereocenters. The molecule has 1 fully saturated rings. The predicted octanol–water partition coefficient (Wildman–Crippen LogP) is 1.21. The summed E-state index contributed by atoms with van der Waals surface area (Å²) in [4.78, 5) is 32.6. The maximum absolute atomic E-state index is 12.6. The average molecular weight is 370 g/mol. The zero-order valence-corrected chi connectivity index (χ0v) is 15.8. The van der Waals surface area contributed by atoms with E-state index < -0.39 is 0 Å². The molecule has 1 aliphatic heterocycles. The molecule has 144 valence electrons. The Morgan fingerprint density at radius 3 is 2.59 bits per heavy atom. The zero-order valence-electron chi connectivity index (χ0n) is 15.8. The lowest BCUT2D eigenvalue weighted by atomic mass is 10.2. The van der Waals surface area contributed by atoms with Crippen LogP contribution in [0.25, 0.3) is 0 Å². The number of piperazine rings is 1. The summed E-state index contributed by atoms with van der Waals surface area (Å²) in [5, 5.41) is 7.19. The molecule has 1 saturated heterocycles. The van der Waals surface area contributed by atoms with Crippen molar-refractivity contribution in [2.75, 3.05) is 31.1 Å². The Hall–Kier alpha value is -2.90. The number of carbonyl (C=O) groups excluding carboxylic acids is 2. The summed E-state index contributed by atoms with van der Waals surface area (Å²) < 4.78 is 1.68. The highest BCUT2D eigenvalue weighted by Gasteiger charge is 2.22. The van der Waals surface area contributed by atoms with Crippen molar-refractivity contribution >= 4 is 17.6 Å². The minimum Gasteiger partial charge on any atom is -0.353 e. The Bertz CT molecular complexity index is 768. The van der Waals surface area contributed by atoms with E-state index in [1.807, 2.05) is 30.0 Å². The molecular weight excluding hydrogens is 344 g/mol. The SMILES string of the molecule is CC[C@@H](C(=O)NCc1cccnc1N1CCN(C(C)=O)CC1)n1cccn1. The van der Waals surface area contributed by atoms with E-state index in [4.69, 9.17) is 0 Å². The highest BCUT2D eigenvalue weighted by molar-refractivity contribution is 5.80. The van der Waals surface area contributed by atoms with E-state index in [0.717, 1.165) is 24.5 Å². The number of nitrogens with zero attached hydrogens (tertiary/aromatic N) is 5. The van der Waals surface area contributed by atoms with E-state index in [1.54, 1.807) is 30.2 Å². The Labute approximate surface area is 159 Å². The van der Waals surface area contributed by atoms with Gasteiger partial charge in [-0.05, 0) is 18.6 Å². The van der Waals surface area contributed by atoms with E-state index in [1.165, 1.54) is 0 Å². The zero-order chi connectivity index (χ0) is 19.2. The van der Waals surface area contributed by atoms with Crippen molar-refractivity contribution in [2.24, 2.45) is 0 Å². The first-order valence-electron chi connectivity index (χ1n) is 9.31. The van der Waals surface area contributed by atoms with Crippen LogP contribution < -0.4 is 10.2 Å². The van der Waals surface area contributed by atoms with E-state index in [2.05, 4.69) is 20.3 Å². The molecule has 27 heavy (non-hydrogen) atoms. The fourth-order valence-electron chi connectivity index (χ4n) is 3.34. The number of hydrogen-bond acceptors (Lipinski definition) is 5. The first-order chi connectivity index (χ1) is 13.1. The molecule has 0 aromatic carbocycles. The van der Waals surface area contributed by atoms with Crippen molar-refractivity contribution in [1.82, 2.24) is 25.0 Å². The number of nitrogens with one attached hydrogen (secondary N) is 1. The monoisotopic (exact) mass is 370 g/mol. The summed E-state index contributed by atoms with van der Waals surface area (Å²) in [6.07, 6.45) is 5.91. The van der Waals surface area contributed by atoms with Gasteiger partial charge >= 0.3 is 0 Å². The highest BCUT2D eigenvalue weighted by Crippen LogP contribution is 2.19. The first-order valence-corrected chi connectivity index (χ1v) is 9.31. The fourth-order valence-corrected chi connectivity index (χ4v) is 3.34. The molecule has 8 heteroatoms. The molecule has 1 N–H and O–H groups in total. The second-order valence-corrected chi connectivity index (χ2v) is 6.61. The Kier molecular flexibility index (Phi) is 6.05. The number of carbonyl (C=O) groups is 2. The largest absolute Gasteiger partial charge is 0.353 e. The molecule has 3 heterocycles. The number of anilines is 1. The molecule has 3 rings (SSSR count). The maximum atomic E-state index is 12.6. The standard InChI is InChI=1S/C19H26N6O2/c1-3-17(25-9-5-8-22-25)19(27)21-14-16-6-4-7-20-18(16)24-12-10-23(11-13-24)15(2)26/h4-9,17H,3,10-14H2,1-2H3,(H,21,27)/t17-/m0/s1. The van der Waals surface area contributed by atoms with Crippen molar-refractivity contribution in [3.8, 4) is 0 Å². The van der Waals surface area contributed by atoms with Crippen LogP contribution in [0, 0.1) is 0 Å². The van der Waals surface area contributed by atoms with Crippen LogP contribution in [0.4, 0.5) is 5.82 Å². The third-order valence-electron chi connectivity index (χ3n) is 4.88. The van der Waals surface area contributed by atoms with Gasteiger partial charge in [-0.25, -0.2) is 4.98 Å². The molecular formula is C19H26N6O2. The lowest BCUT2D eigenvalue weighted by Gasteiger charge is -2.35. The van der Waals surface area contributed by atoms with Crippen LogP contribution in [-0.4, -0.2) is 57.7 Å². The molecule has 8 nitrogen and oxygen atoms in total. The van der Waals surface area contributed by atoms with E-state index in [-0.39, 0.29) is 17.9 Å². The van der Waals surface area contributed by atoms with Gasteiger partial charge in [-0.15, -0.1) is 0 Å². The molecule has 2 aromatic heterocycles. The van der Waals surface area contributed by atoms with Crippen LogP contribution in [0.1, 0.15) is 31.9 Å². The van der Waals surface area contributed by atoms with Gasteiger partial charge in [0, 0.05) is 63.8 Å². The summed E-state index contributed by atoms with van der Waals surface area (Å²) in [7, 11) is 0. The van der Waals surface area contributed by atoms with Gasteiger partial charge in [0.1, 0.15) is 11.9 Å². The third-order valence-corrected chi connectivity index (χ3v) is 4.88. The van der Waals surface area contributed by atoms with Crippen LogP contribution in [0.2, 0.25) is 0 Å². The van der Waals surface area contributed by atoms with Crippen molar-refractivity contribution in [2.45, 2.75) is 32.9 Å². The first kappa shape index (κ1) is 18.9. The van der Waals surface area contributed by atoms with Gasteiger partial charge in [-0.2, -0.15) is 5.10 Å². The summed E-state index contributed by atoms with van der Waals surface area (Å²) >= 11 is 0. The molecule has 2 amide bonds. The van der Waals surface area contributed by atoms with Crippen molar-refractivity contribution in [3.63, 3.8) is 0 Å². The summed E-state index contributed by atoms with van der Waals surface area (Å²) in [6, 6.07) is 5.35. The average Bonchev–Trinajstić information content (AvgIpc) is 3.21. The Morgan fingerprint density at radius 1 is 1.19 bits per heavy atom. The normalized spacial score (nSPS) is 15.5. The van der Waals surface area contributed by atoms with Crippen molar-refractivity contribution in [1.29, 1.82) is 0 Å². The number of amides is 2. The van der Waals surface area contributed by atoms with Gasteiger partial charge in [0.15, 0.2) is 0 Å². The molecule has 0 saturated carbocycles. The second kappa shape index (κ2) is 8.66. The van der Waals surface area contributed by atoms with E-state index >= 15 is 0 Å². The van der Waals surface area contributed by atoms with Crippen LogP contribution >= 0.6 is 0 Å². The maximum Gasteiger partial charge on any atom is 0.245 e. The Balaban J connectivity index is 1.64. The van der Waals surface area contributed by atoms with Gasteiger partial charge in [-0.3, -0.25) is 14.3 Å². The molecule has 0 aliphatic carbocycles. The molecule has 0 unspecified atom stereocenters. The van der Waals surface area contributed by atoms with Gasteiger partial charge < -0.3 is 15.1 Å². The Morgan fingerprint density at radius 2 is 1.96 bits per heavy atom. The second-order valence-electron chi connectivity index (χ2n) is 6.61. The lowest BCUT2D eigenvalue weighted by Crippen LogP contribution is -2.48. The van der Waals surface area contributed by atoms with Crippen molar-refractivity contribution in [3.05, 3.63) is 42.4 Å². The molecule has 2 aromatic rings. The quantitative estimate of drug-likeness (QED) is 0.826. The summed E-state index contributed by atoms with van der Waals surface area (Å²) in [5.41, 5.74) is 0.970. The van der Waals surface area contributed by atoms with Gasteiger partial charge in [-0.1, -0.05) is 13.0 Å². The van der Waals surface area contributed by atoms with Gasteiger partial charge in [0.25, 0.3) is 0 Å². The number of rotatable bonds is 6. The molecule has 1 aliphatic rings. The summed E-state index contributed by atoms with van der Waals surface area (Å²) in [5.74, 6) is 0.915. The van der Waals surface area contributed by atoms with Crippen LogP contribution in [-0.2, 0) is 16.1 Å². The van der Waals surface area contributed by atoms with Crippen molar-refractivity contribution < 1.29 is 9.59 Å². The number of hydrogen-bond donors (Lipinski definition) is 1. The summed E-state index contributed by atoms with van der Waals surface area (Å²) in [6.45, 7) is 6.83. The van der Waals surface area contributed by atoms with Crippen LogP contribution in [0.5, 0.6) is 0 Å². The molecule has 0 spiro atoms. The van der Waals surface area contributed by atoms with Crippen LogP contribution in [0.15, 0.2) is 36.8 Å². The molecule has 0 bridgehead atoms. The smallest absolute Gasteiger partial charge is 0.245 e. The van der Waals surface area contributed by atoms with E-state index in [0.29, 0.717) is 26.1 Å². The fraction of sp³-hybridized carbons (Fsp3) is 0.474. The minimum atomic E-state index is -0.320. The van der Waals surface area contributed by atoms with Crippen LogP contribution in [0.3, 0.4) is 0 Å². The van der Waals surface area contributed by atoms with Gasteiger partial charge in [0.2, 0.25) is 11.8 Å². The number of aromatic nitrogens is 3.